The van der Waals surface area contributed by atoms with E-state index in [4.69, 9.17) is 0 Å². The molecule has 0 bridgehead atoms. The summed E-state index contributed by atoms with van der Waals surface area (Å²) in [5.74, 6) is 0.287. The van der Waals surface area contributed by atoms with Crippen LogP contribution in [0.1, 0.15) is 32.3 Å². The summed E-state index contributed by atoms with van der Waals surface area (Å²) in [5.41, 5.74) is 4.24. The molecule has 4 nitrogen and oxygen atoms in total. The van der Waals surface area contributed by atoms with Crippen molar-refractivity contribution in [2.45, 2.75) is 44.8 Å². The summed E-state index contributed by atoms with van der Waals surface area (Å²) in [5, 5.41) is 9.83. The number of hydrogen-bond donors (Lipinski definition) is 3. The second kappa shape index (κ2) is 6.43. The number of rotatable bonds is 5. The van der Waals surface area contributed by atoms with Crippen molar-refractivity contribution in [2.24, 2.45) is 5.92 Å². The Labute approximate surface area is 149 Å². The molecule has 3 aliphatic rings. The van der Waals surface area contributed by atoms with Crippen molar-refractivity contribution in [1.29, 1.82) is 0 Å². The van der Waals surface area contributed by atoms with Gasteiger partial charge in [-0.15, -0.1) is 0 Å². The van der Waals surface area contributed by atoms with Crippen LogP contribution in [0.5, 0.6) is 0 Å². The monoisotopic (exact) mass is 335 g/mol. The van der Waals surface area contributed by atoms with Crippen molar-refractivity contribution < 1.29 is 4.79 Å². The van der Waals surface area contributed by atoms with Crippen LogP contribution in [0.2, 0.25) is 0 Å². The van der Waals surface area contributed by atoms with Crippen LogP contribution < -0.4 is 16.0 Å². The number of allylic oxidation sites excluding steroid dienone is 2. The van der Waals surface area contributed by atoms with E-state index >= 15 is 0 Å². The first kappa shape index (κ1) is 16.0. The van der Waals surface area contributed by atoms with Crippen molar-refractivity contribution in [1.82, 2.24) is 10.6 Å². The minimum atomic E-state index is 0.0318. The van der Waals surface area contributed by atoms with Gasteiger partial charge in [-0.2, -0.15) is 0 Å². The fourth-order valence-corrected chi connectivity index (χ4v) is 3.33. The number of carbonyl (C=O) groups excluding carboxylic acids is 1. The molecule has 2 unspecified atom stereocenters. The van der Waals surface area contributed by atoms with Gasteiger partial charge in [-0.3, -0.25) is 4.79 Å². The first-order chi connectivity index (χ1) is 12.1. The number of hydrogen-bond acceptors (Lipinski definition) is 3. The van der Waals surface area contributed by atoms with E-state index in [0.717, 1.165) is 18.5 Å². The van der Waals surface area contributed by atoms with Gasteiger partial charge in [-0.05, 0) is 56.0 Å². The van der Waals surface area contributed by atoms with Crippen LogP contribution in [0.15, 0.2) is 54.3 Å². The highest BCUT2D eigenvalue weighted by molar-refractivity contribution is 5.94. The maximum absolute atomic E-state index is 12.2. The Hall–Kier alpha value is -2.49. The summed E-state index contributed by atoms with van der Waals surface area (Å²) in [6, 6.07) is 9.49. The fraction of sp³-hybridized carbons (Fsp3) is 0.381. The first-order valence-corrected chi connectivity index (χ1v) is 9.15. The number of carbonyl (C=O) groups is 1. The van der Waals surface area contributed by atoms with E-state index in [1.807, 2.05) is 6.08 Å². The molecular weight excluding hydrogens is 310 g/mol. The zero-order valence-electron chi connectivity index (χ0n) is 14.8. The van der Waals surface area contributed by atoms with E-state index in [0.29, 0.717) is 17.8 Å². The molecule has 1 aliphatic heterocycles. The van der Waals surface area contributed by atoms with E-state index in [9.17, 15) is 4.79 Å². The summed E-state index contributed by atoms with van der Waals surface area (Å²) in [6.45, 7) is 4.27. The van der Waals surface area contributed by atoms with Crippen LogP contribution in [-0.2, 0) is 4.79 Å². The fourth-order valence-electron chi connectivity index (χ4n) is 3.33. The lowest BCUT2D eigenvalue weighted by atomic mass is 9.90. The van der Waals surface area contributed by atoms with E-state index in [1.165, 1.54) is 11.1 Å². The molecule has 3 N–H and O–H groups in total. The summed E-state index contributed by atoms with van der Waals surface area (Å²) in [6.07, 6.45) is 10.8. The van der Waals surface area contributed by atoms with E-state index < -0.39 is 0 Å². The minimum absolute atomic E-state index is 0.0318. The van der Waals surface area contributed by atoms with Crippen LogP contribution in [-0.4, -0.2) is 24.0 Å². The third-order valence-electron chi connectivity index (χ3n) is 4.78. The Bertz CT molecular complexity index is 754. The lowest BCUT2D eigenvalue weighted by Crippen LogP contribution is -2.35. The van der Waals surface area contributed by atoms with Crippen molar-refractivity contribution >= 4 is 17.2 Å². The van der Waals surface area contributed by atoms with Crippen molar-refractivity contribution in [3.63, 3.8) is 0 Å². The van der Waals surface area contributed by atoms with Gasteiger partial charge in [-0.25, -0.2) is 0 Å². The molecular formula is C21H25N3O. The lowest BCUT2D eigenvalue weighted by Gasteiger charge is -2.20. The third kappa shape index (κ3) is 3.63. The van der Waals surface area contributed by atoms with Gasteiger partial charge in [0.25, 0.3) is 5.91 Å². The normalized spacial score (nSPS) is 24.3. The average Bonchev–Trinajstić information content (AvgIpc) is 3.29. The van der Waals surface area contributed by atoms with Gasteiger partial charge in [0.2, 0.25) is 0 Å². The largest absolute Gasteiger partial charge is 0.383 e. The molecule has 1 heterocycles. The standard InChI is InChI=1S/C21H25N3O/c1-13(2)22-17-7-5-14(6-8-17)15-3-4-16-12-20(24-19(16)11-15)21(25)23-18-9-10-18/h3-8,11-13,16,18-19,22,24H,9-10H2,1-2H3,(H,23,25). The molecule has 130 valence electrons. The highest BCUT2D eigenvalue weighted by Crippen LogP contribution is 2.30. The maximum atomic E-state index is 12.2. The molecule has 0 radical (unpaired) electrons. The topological polar surface area (TPSA) is 53.2 Å². The van der Waals surface area contributed by atoms with E-state index in [2.05, 4.69) is 72.3 Å². The molecule has 1 aromatic rings. The summed E-state index contributed by atoms with van der Waals surface area (Å²) < 4.78 is 0. The number of nitrogens with one attached hydrogen (secondary N) is 3. The van der Waals surface area contributed by atoms with Gasteiger partial charge >= 0.3 is 0 Å². The average molecular weight is 335 g/mol. The minimum Gasteiger partial charge on any atom is -0.383 e. The van der Waals surface area contributed by atoms with Gasteiger partial charge in [0.15, 0.2) is 0 Å². The molecule has 1 aromatic carbocycles. The zero-order valence-corrected chi connectivity index (χ0v) is 14.8. The van der Waals surface area contributed by atoms with Crippen LogP contribution in [0, 0.1) is 5.92 Å². The predicted molar refractivity (Wildman–Crippen MR) is 102 cm³/mol. The molecule has 4 heteroatoms. The lowest BCUT2D eigenvalue weighted by molar-refractivity contribution is -0.117. The van der Waals surface area contributed by atoms with Crippen molar-refractivity contribution in [3.05, 3.63) is 59.8 Å². The van der Waals surface area contributed by atoms with Crippen LogP contribution >= 0.6 is 0 Å². The van der Waals surface area contributed by atoms with E-state index in [1.54, 1.807) is 0 Å². The molecule has 0 aromatic heterocycles. The molecule has 0 saturated heterocycles. The summed E-state index contributed by atoms with van der Waals surface area (Å²) in [4.78, 5) is 12.2. The Morgan fingerprint density at radius 3 is 2.60 bits per heavy atom. The SMILES string of the molecule is CC(C)Nc1ccc(C2=CC3NC(C(=O)NC4CC4)=CC3C=C2)cc1. The van der Waals surface area contributed by atoms with Crippen LogP contribution in [0.3, 0.4) is 0 Å². The molecule has 1 saturated carbocycles. The molecule has 25 heavy (non-hydrogen) atoms. The molecule has 1 amide bonds. The first-order valence-electron chi connectivity index (χ1n) is 9.15. The summed E-state index contributed by atoms with van der Waals surface area (Å²) >= 11 is 0. The number of amides is 1. The molecule has 2 aliphatic carbocycles. The molecule has 0 spiro atoms. The van der Waals surface area contributed by atoms with Crippen LogP contribution in [0.4, 0.5) is 5.69 Å². The van der Waals surface area contributed by atoms with Crippen molar-refractivity contribution in [3.8, 4) is 0 Å². The Kier molecular flexibility index (Phi) is 4.12. The van der Waals surface area contributed by atoms with Crippen LogP contribution in [0.25, 0.3) is 5.57 Å². The van der Waals surface area contributed by atoms with Gasteiger partial charge < -0.3 is 16.0 Å². The highest BCUT2D eigenvalue weighted by Gasteiger charge is 2.31. The van der Waals surface area contributed by atoms with Gasteiger partial charge in [0, 0.05) is 23.7 Å². The van der Waals surface area contributed by atoms with E-state index in [-0.39, 0.29) is 17.9 Å². The van der Waals surface area contributed by atoms with Gasteiger partial charge in [0.1, 0.15) is 0 Å². The number of benzene rings is 1. The second-order valence-electron chi connectivity index (χ2n) is 7.43. The number of fused-ring (bicyclic) bond motifs is 1. The Morgan fingerprint density at radius 1 is 1.16 bits per heavy atom. The Morgan fingerprint density at radius 2 is 1.92 bits per heavy atom. The third-order valence-corrected chi connectivity index (χ3v) is 4.78. The van der Waals surface area contributed by atoms with Gasteiger partial charge in [0.05, 0.1) is 11.7 Å². The predicted octanol–water partition coefficient (Wildman–Crippen LogP) is 3.21. The molecule has 2 atom stereocenters. The van der Waals surface area contributed by atoms with Gasteiger partial charge in [-0.1, -0.05) is 30.4 Å². The molecule has 4 rings (SSSR count). The zero-order chi connectivity index (χ0) is 17.4. The molecule has 1 fully saturated rings. The highest BCUT2D eigenvalue weighted by atomic mass is 16.2. The van der Waals surface area contributed by atoms with Crippen molar-refractivity contribution in [2.75, 3.05) is 5.32 Å². The second-order valence-corrected chi connectivity index (χ2v) is 7.43. The Balaban J connectivity index is 1.44. The maximum Gasteiger partial charge on any atom is 0.267 e. The number of anilines is 1. The summed E-state index contributed by atoms with van der Waals surface area (Å²) in [7, 11) is 0. The quantitative estimate of drug-likeness (QED) is 0.774. The smallest absolute Gasteiger partial charge is 0.267 e.